The SMILES string of the molecule is COc1ccc(Cl)cc1NC(=O)CN1C(=O)[C@H](C)N=C(c2ccccc2)c2cc(Cl)ccc21. The van der Waals surface area contributed by atoms with Gasteiger partial charge in [0.15, 0.2) is 0 Å². The van der Waals surface area contributed by atoms with Crippen LogP contribution in [-0.2, 0) is 9.59 Å². The largest absolute Gasteiger partial charge is 0.495 e. The Morgan fingerprint density at radius 3 is 2.48 bits per heavy atom. The number of nitrogens with one attached hydrogen (secondary N) is 1. The van der Waals surface area contributed by atoms with Crippen molar-refractivity contribution < 1.29 is 14.3 Å². The highest BCUT2D eigenvalue weighted by atomic mass is 35.5. The van der Waals surface area contributed by atoms with E-state index in [9.17, 15) is 9.59 Å². The molecule has 168 valence electrons. The van der Waals surface area contributed by atoms with Gasteiger partial charge >= 0.3 is 0 Å². The fraction of sp³-hybridized carbons (Fsp3) is 0.160. The molecule has 0 aromatic heterocycles. The predicted octanol–water partition coefficient (Wildman–Crippen LogP) is 5.21. The summed E-state index contributed by atoms with van der Waals surface area (Å²) in [4.78, 5) is 32.4. The van der Waals surface area contributed by atoms with Crippen LogP contribution in [0.15, 0.2) is 71.7 Å². The molecule has 4 rings (SSSR count). The third-order valence-corrected chi connectivity index (χ3v) is 5.71. The second-order valence-corrected chi connectivity index (χ2v) is 8.37. The van der Waals surface area contributed by atoms with Gasteiger partial charge in [-0.25, -0.2) is 0 Å². The quantitative estimate of drug-likeness (QED) is 0.543. The number of halogens is 2. The van der Waals surface area contributed by atoms with Crippen molar-refractivity contribution in [3.05, 3.63) is 87.9 Å². The van der Waals surface area contributed by atoms with E-state index in [1.807, 2.05) is 30.3 Å². The number of hydrogen-bond acceptors (Lipinski definition) is 4. The molecule has 1 heterocycles. The molecule has 6 nitrogen and oxygen atoms in total. The molecule has 0 unspecified atom stereocenters. The van der Waals surface area contributed by atoms with Crippen LogP contribution < -0.4 is 15.0 Å². The molecule has 0 saturated carbocycles. The van der Waals surface area contributed by atoms with Crippen LogP contribution >= 0.6 is 23.2 Å². The van der Waals surface area contributed by atoms with Gasteiger partial charge in [0, 0.05) is 21.2 Å². The van der Waals surface area contributed by atoms with Crippen LogP contribution in [-0.4, -0.2) is 37.2 Å². The Morgan fingerprint density at radius 1 is 1.06 bits per heavy atom. The number of nitrogens with zero attached hydrogens (tertiary/aromatic N) is 2. The summed E-state index contributed by atoms with van der Waals surface area (Å²) in [6.45, 7) is 1.49. The first-order chi connectivity index (χ1) is 15.9. The Labute approximate surface area is 201 Å². The van der Waals surface area contributed by atoms with Gasteiger partial charge in [0.25, 0.3) is 5.91 Å². The molecular formula is C25H21Cl2N3O3. The van der Waals surface area contributed by atoms with Crippen molar-refractivity contribution in [1.29, 1.82) is 0 Å². The fourth-order valence-electron chi connectivity index (χ4n) is 3.70. The average Bonchev–Trinajstić information content (AvgIpc) is 2.90. The molecule has 2 amide bonds. The molecular weight excluding hydrogens is 461 g/mol. The van der Waals surface area contributed by atoms with Crippen molar-refractivity contribution >= 4 is 52.1 Å². The predicted molar refractivity (Wildman–Crippen MR) is 132 cm³/mol. The summed E-state index contributed by atoms with van der Waals surface area (Å²) < 4.78 is 5.29. The minimum absolute atomic E-state index is 0.217. The van der Waals surface area contributed by atoms with Crippen LogP contribution in [0.5, 0.6) is 5.75 Å². The number of carbonyl (C=O) groups excluding carboxylic acids is 2. The summed E-state index contributed by atoms with van der Waals surface area (Å²) in [5.74, 6) is -0.233. The summed E-state index contributed by atoms with van der Waals surface area (Å²) in [5.41, 5.74) is 3.16. The molecule has 1 aliphatic heterocycles. The number of benzodiazepines with no additional fused rings is 1. The number of fused-ring (bicyclic) bond motifs is 1. The third-order valence-electron chi connectivity index (χ3n) is 5.24. The summed E-state index contributed by atoms with van der Waals surface area (Å²) in [5, 5.41) is 3.74. The maximum atomic E-state index is 13.3. The molecule has 0 fully saturated rings. The van der Waals surface area contributed by atoms with Gasteiger partial charge in [0.05, 0.1) is 24.2 Å². The van der Waals surface area contributed by atoms with Crippen LogP contribution in [0, 0.1) is 0 Å². The lowest BCUT2D eigenvalue weighted by Gasteiger charge is -2.24. The zero-order valence-electron chi connectivity index (χ0n) is 18.0. The first kappa shape index (κ1) is 22.8. The van der Waals surface area contributed by atoms with E-state index in [0.29, 0.717) is 38.4 Å². The van der Waals surface area contributed by atoms with Crippen LogP contribution in [0.4, 0.5) is 11.4 Å². The molecule has 1 atom stereocenters. The van der Waals surface area contributed by atoms with Crippen molar-refractivity contribution in [3.63, 3.8) is 0 Å². The Morgan fingerprint density at radius 2 is 1.76 bits per heavy atom. The molecule has 3 aromatic carbocycles. The van der Waals surface area contributed by atoms with Gasteiger partial charge in [-0.05, 0) is 43.3 Å². The lowest BCUT2D eigenvalue weighted by molar-refractivity contribution is -0.122. The Balaban J connectivity index is 1.71. The summed E-state index contributed by atoms with van der Waals surface area (Å²) in [6, 6.07) is 19.0. The Bertz CT molecular complexity index is 1240. The monoisotopic (exact) mass is 481 g/mol. The van der Waals surface area contributed by atoms with Gasteiger partial charge in [-0.15, -0.1) is 0 Å². The standard InChI is InChI=1S/C25H21Cl2N3O3/c1-15-25(32)30(14-23(31)29-20-13-18(27)9-11-22(20)33-2)21-10-8-17(26)12-19(21)24(28-15)16-6-4-3-5-7-16/h3-13,15H,14H2,1-2H3,(H,29,31)/t15-/m0/s1. The number of rotatable bonds is 5. The van der Waals surface area contributed by atoms with E-state index in [-0.39, 0.29) is 12.5 Å². The van der Waals surface area contributed by atoms with E-state index in [2.05, 4.69) is 10.3 Å². The Kier molecular flexibility index (Phi) is 6.67. The molecule has 33 heavy (non-hydrogen) atoms. The Hall–Kier alpha value is -3.35. The smallest absolute Gasteiger partial charge is 0.252 e. The number of benzene rings is 3. The molecule has 0 spiro atoms. The first-order valence-electron chi connectivity index (χ1n) is 10.3. The van der Waals surface area contributed by atoms with Gasteiger partial charge in [-0.2, -0.15) is 0 Å². The highest BCUT2D eigenvalue weighted by molar-refractivity contribution is 6.32. The molecule has 3 aromatic rings. The zero-order valence-corrected chi connectivity index (χ0v) is 19.5. The van der Waals surface area contributed by atoms with Crippen molar-refractivity contribution in [3.8, 4) is 5.75 Å². The molecule has 0 aliphatic carbocycles. The van der Waals surface area contributed by atoms with Gasteiger partial charge in [-0.3, -0.25) is 14.6 Å². The van der Waals surface area contributed by atoms with Gasteiger partial charge < -0.3 is 15.0 Å². The van der Waals surface area contributed by atoms with E-state index in [1.54, 1.807) is 43.3 Å². The van der Waals surface area contributed by atoms with Crippen LogP contribution in [0.25, 0.3) is 0 Å². The second-order valence-electron chi connectivity index (χ2n) is 7.50. The van der Waals surface area contributed by atoms with Gasteiger partial charge in [0.1, 0.15) is 18.3 Å². The maximum absolute atomic E-state index is 13.3. The van der Waals surface area contributed by atoms with E-state index in [1.165, 1.54) is 12.0 Å². The molecule has 0 radical (unpaired) electrons. The summed E-state index contributed by atoms with van der Waals surface area (Å²) >= 11 is 12.4. The second kappa shape index (κ2) is 9.65. The maximum Gasteiger partial charge on any atom is 0.252 e. The number of carbonyl (C=O) groups is 2. The zero-order chi connectivity index (χ0) is 23.5. The highest BCUT2D eigenvalue weighted by Gasteiger charge is 2.31. The normalized spacial score (nSPS) is 15.4. The van der Waals surface area contributed by atoms with Crippen molar-refractivity contribution in [2.75, 3.05) is 23.9 Å². The summed E-state index contributed by atoms with van der Waals surface area (Å²) in [6.07, 6.45) is 0. The number of anilines is 2. The lowest BCUT2D eigenvalue weighted by atomic mass is 10.00. The van der Waals surface area contributed by atoms with E-state index < -0.39 is 11.9 Å². The van der Waals surface area contributed by atoms with Gasteiger partial charge in [-0.1, -0.05) is 53.5 Å². The van der Waals surface area contributed by atoms with Crippen molar-refractivity contribution in [1.82, 2.24) is 0 Å². The van der Waals surface area contributed by atoms with E-state index in [4.69, 9.17) is 27.9 Å². The molecule has 0 bridgehead atoms. The summed E-state index contributed by atoms with van der Waals surface area (Å²) in [7, 11) is 1.50. The number of methoxy groups -OCH3 is 1. The highest BCUT2D eigenvalue weighted by Crippen LogP contribution is 2.32. The van der Waals surface area contributed by atoms with E-state index in [0.717, 1.165) is 5.56 Å². The fourth-order valence-corrected chi connectivity index (χ4v) is 4.04. The number of amides is 2. The minimum atomic E-state index is -0.695. The molecule has 0 saturated heterocycles. The van der Waals surface area contributed by atoms with Crippen molar-refractivity contribution in [2.45, 2.75) is 13.0 Å². The topological polar surface area (TPSA) is 71.0 Å². The minimum Gasteiger partial charge on any atom is -0.495 e. The lowest BCUT2D eigenvalue weighted by Crippen LogP contribution is -2.42. The molecule has 1 N–H and O–H groups in total. The van der Waals surface area contributed by atoms with Crippen molar-refractivity contribution in [2.24, 2.45) is 4.99 Å². The number of aliphatic imine (C=N–C) groups is 1. The van der Waals surface area contributed by atoms with E-state index >= 15 is 0 Å². The van der Waals surface area contributed by atoms with Crippen LogP contribution in [0.1, 0.15) is 18.1 Å². The average molecular weight is 482 g/mol. The first-order valence-corrected chi connectivity index (χ1v) is 11.0. The van der Waals surface area contributed by atoms with Gasteiger partial charge in [0.2, 0.25) is 5.91 Å². The number of ether oxygens (including phenoxy) is 1. The molecule has 1 aliphatic rings. The number of hydrogen-bond donors (Lipinski definition) is 1. The van der Waals surface area contributed by atoms with Crippen LogP contribution in [0.2, 0.25) is 10.0 Å². The third kappa shape index (κ3) is 4.87. The van der Waals surface area contributed by atoms with Crippen LogP contribution in [0.3, 0.4) is 0 Å². The molecule has 8 heteroatoms.